The molecule has 3 aromatic rings. The van der Waals surface area contributed by atoms with Crippen LogP contribution in [0.1, 0.15) is 22.2 Å². The highest BCUT2D eigenvalue weighted by atomic mass is 32.1. The minimum absolute atomic E-state index is 0.147. The van der Waals surface area contributed by atoms with Crippen molar-refractivity contribution in [3.05, 3.63) is 82.0 Å². The fourth-order valence-electron chi connectivity index (χ4n) is 3.59. The van der Waals surface area contributed by atoms with Gasteiger partial charge >= 0.3 is 0 Å². The van der Waals surface area contributed by atoms with Gasteiger partial charge < -0.3 is 10.2 Å². The van der Waals surface area contributed by atoms with Gasteiger partial charge in [0.15, 0.2) is 0 Å². The van der Waals surface area contributed by atoms with Gasteiger partial charge in [0, 0.05) is 42.2 Å². The van der Waals surface area contributed by atoms with Gasteiger partial charge in [-0.05, 0) is 23.6 Å². The van der Waals surface area contributed by atoms with E-state index < -0.39 is 0 Å². The Bertz CT molecular complexity index is 810. The maximum atomic E-state index is 10.2. The van der Waals surface area contributed by atoms with Crippen molar-refractivity contribution in [1.29, 1.82) is 0 Å². The highest BCUT2D eigenvalue weighted by Gasteiger charge is 2.34. The topological polar surface area (TPSA) is 46.9 Å². The molecule has 0 amide bonds. The second kappa shape index (κ2) is 7.50. The molecule has 0 spiro atoms. The Kier molecular flexibility index (Phi) is 4.93. The average Bonchev–Trinajstić information content (AvgIpc) is 3.29. The molecular weight excluding hydrogens is 344 g/mol. The first-order chi connectivity index (χ1) is 12.7. The monoisotopic (exact) mass is 366 g/mol. The molecule has 26 heavy (non-hydrogen) atoms. The predicted molar refractivity (Wildman–Crippen MR) is 104 cm³/mol. The summed E-state index contributed by atoms with van der Waals surface area (Å²) in [6, 6.07) is 19.3. The molecule has 2 aromatic carbocycles. The Hall–Kier alpha value is -2.34. The van der Waals surface area contributed by atoms with E-state index in [1.54, 1.807) is 23.5 Å². The van der Waals surface area contributed by atoms with Gasteiger partial charge in [-0.3, -0.25) is 9.80 Å². The summed E-state index contributed by atoms with van der Waals surface area (Å²) in [6.45, 7) is 3.24. The zero-order chi connectivity index (χ0) is 17.9. The molecule has 0 atom stereocenters. The highest BCUT2D eigenvalue weighted by Crippen LogP contribution is 2.36. The first-order valence-corrected chi connectivity index (χ1v) is 9.65. The number of hydrogen-bond acceptors (Lipinski definition) is 5. The van der Waals surface area contributed by atoms with Crippen LogP contribution >= 0.6 is 11.3 Å². The number of thiophene rings is 1. The van der Waals surface area contributed by atoms with Crippen LogP contribution in [0.25, 0.3) is 0 Å². The normalized spacial score (nSPS) is 16.3. The molecule has 4 nitrogen and oxygen atoms in total. The maximum Gasteiger partial charge on any atom is 0.120 e. The molecule has 0 aliphatic carbocycles. The molecule has 1 aliphatic rings. The lowest BCUT2D eigenvalue weighted by Crippen LogP contribution is -2.30. The molecule has 4 rings (SSSR count). The number of rotatable bonds is 5. The lowest BCUT2D eigenvalue weighted by atomic mass is 10.1. The number of phenolic OH excluding ortho intramolecular Hbond substituents is 2. The Morgan fingerprint density at radius 3 is 1.77 bits per heavy atom. The number of hydrogen-bond donors (Lipinski definition) is 2. The largest absolute Gasteiger partial charge is 0.508 e. The minimum atomic E-state index is 0.147. The van der Waals surface area contributed by atoms with Crippen LogP contribution in [0.15, 0.2) is 66.0 Å². The summed E-state index contributed by atoms with van der Waals surface area (Å²) >= 11 is 1.75. The van der Waals surface area contributed by atoms with Crippen molar-refractivity contribution in [2.24, 2.45) is 0 Å². The van der Waals surface area contributed by atoms with Gasteiger partial charge in [0.05, 0.1) is 6.17 Å². The van der Waals surface area contributed by atoms with E-state index in [1.165, 1.54) is 4.88 Å². The molecule has 1 aliphatic heterocycles. The van der Waals surface area contributed by atoms with E-state index in [9.17, 15) is 10.2 Å². The molecule has 2 N–H and O–H groups in total. The summed E-state index contributed by atoms with van der Waals surface area (Å²) in [5, 5.41) is 22.4. The van der Waals surface area contributed by atoms with Crippen LogP contribution in [0.4, 0.5) is 0 Å². The van der Waals surface area contributed by atoms with Gasteiger partial charge in [-0.1, -0.05) is 42.5 Å². The van der Waals surface area contributed by atoms with Gasteiger partial charge in [0.1, 0.15) is 11.5 Å². The molecule has 1 aromatic heterocycles. The van der Waals surface area contributed by atoms with Crippen molar-refractivity contribution >= 4 is 11.3 Å². The van der Waals surface area contributed by atoms with Crippen molar-refractivity contribution in [1.82, 2.24) is 9.80 Å². The van der Waals surface area contributed by atoms with Crippen LogP contribution in [0, 0.1) is 0 Å². The molecule has 0 unspecified atom stereocenters. The average molecular weight is 366 g/mol. The Labute approximate surface area is 157 Å². The third kappa shape index (κ3) is 3.46. The fourth-order valence-corrected chi connectivity index (χ4v) is 4.48. The Morgan fingerprint density at radius 2 is 1.31 bits per heavy atom. The molecule has 1 saturated heterocycles. The summed E-state index contributed by atoms with van der Waals surface area (Å²) < 4.78 is 0. The second-order valence-electron chi connectivity index (χ2n) is 6.59. The smallest absolute Gasteiger partial charge is 0.120 e. The van der Waals surface area contributed by atoms with Crippen LogP contribution in [0.3, 0.4) is 0 Å². The van der Waals surface area contributed by atoms with Gasteiger partial charge in [0.25, 0.3) is 0 Å². The minimum Gasteiger partial charge on any atom is -0.508 e. The van der Waals surface area contributed by atoms with E-state index in [0.29, 0.717) is 24.6 Å². The van der Waals surface area contributed by atoms with E-state index in [2.05, 4.69) is 27.3 Å². The van der Waals surface area contributed by atoms with E-state index in [4.69, 9.17) is 0 Å². The van der Waals surface area contributed by atoms with Crippen LogP contribution < -0.4 is 0 Å². The lowest BCUT2D eigenvalue weighted by Gasteiger charge is -2.30. The molecule has 0 saturated carbocycles. The first-order valence-electron chi connectivity index (χ1n) is 8.77. The first kappa shape index (κ1) is 17.1. The summed E-state index contributed by atoms with van der Waals surface area (Å²) in [5.41, 5.74) is 1.89. The van der Waals surface area contributed by atoms with Gasteiger partial charge in [-0.2, -0.15) is 0 Å². The van der Waals surface area contributed by atoms with Crippen molar-refractivity contribution in [3.63, 3.8) is 0 Å². The summed E-state index contributed by atoms with van der Waals surface area (Å²) in [6.07, 6.45) is 0.147. The van der Waals surface area contributed by atoms with Crippen LogP contribution in [-0.4, -0.2) is 33.1 Å². The SMILES string of the molecule is Oc1ccccc1CN1CCN(Cc2ccccc2O)C1c1cccs1. The molecule has 134 valence electrons. The van der Waals surface area contributed by atoms with E-state index >= 15 is 0 Å². The van der Waals surface area contributed by atoms with E-state index in [0.717, 1.165) is 24.2 Å². The number of para-hydroxylation sites is 2. The molecule has 2 heterocycles. The number of phenols is 2. The van der Waals surface area contributed by atoms with E-state index in [-0.39, 0.29) is 6.17 Å². The van der Waals surface area contributed by atoms with Crippen molar-refractivity contribution in [2.75, 3.05) is 13.1 Å². The summed E-state index contributed by atoms with van der Waals surface area (Å²) in [5.74, 6) is 0.688. The second-order valence-corrected chi connectivity index (χ2v) is 7.57. The lowest BCUT2D eigenvalue weighted by molar-refractivity contribution is 0.127. The van der Waals surface area contributed by atoms with Crippen LogP contribution in [0.2, 0.25) is 0 Å². The summed E-state index contributed by atoms with van der Waals surface area (Å²) in [4.78, 5) is 6.07. The number of aromatic hydroxyl groups is 2. The number of nitrogens with zero attached hydrogens (tertiary/aromatic N) is 2. The van der Waals surface area contributed by atoms with Crippen molar-refractivity contribution in [3.8, 4) is 11.5 Å². The third-order valence-electron chi connectivity index (χ3n) is 4.89. The van der Waals surface area contributed by atoms with Gasteiger partial charge in [0.2, 0.25) is 0 Å². The van der Waals surface area contributed by atoms with Crippen LogP contribution in [-0.2, 0) is 13.1 Å². The van der Waals surface area contributed by atoms with Crippen molar-refractivity contribution < 1.29 is 10.2 Å². The van der Waals surface area contributed by atoms with Crippen LogP contribution in [0.5, 0.6) is 11.5 Å². The molecule has 5 heteroatoms. The summed E-state index contributed by atoms with van der Waals surface area (Å²) in [7, 11) is 0. The quantitative estimate of drug-likeness (QED) is 0.711. The zero-order valence-electron chi connectivity index (χ0n) is 14.5. The van der Waals surface area contributed by atoms with E-state index in [1.807, 2.05) is 36.4 Å². The Balaban J connectivity index is 1.60. The molecule has 0 radical (unpaired) electrons. The maximum absolute atomic E-state index is 10.2. The zero-order valence-corrected chi connectivity index (χ0v) is 15.3. The molecule has 1 fully saturated rings. The highest BCUT2D eigenvalue weighted by molar-refractivity contribution is 7.10. The number of benzene rings is 2. The predicted octanol–water partition coefficient (Wildman–Crippen LogP) is 4.18. The Morgan fingerprint density at radius 1 is 0.769 bits per heavy atom. The molecular formula is C21H22N2O2S. The van der Waals surface area contributed by atoms with Gasteiger partial charge in [-0.15, -0.1) is 11.3 Å². The third-order valence-corrected chi connectivity index (χ3v) is 5.81. The molecule has 0 bridgehead atoms. The standard InChI is InChI=1S/C21H22N2O2S/c24-18-8-3-1-6-16(18)14-22-11-12-23(21(22)20-10-5-13-26-20)15-17-7-2-4-9-19(17)25/h1-10,13,21,24-25H,11-12,14-15H2. The van der Waals surface area contributed by atoms with Crippen molar-refractivity contribution in [2.45, 2.75) is 19.3 Å². The fraction of sp³-hybridized carbons (Fsp3) is 0.238. The van der Waals surface area contributed by atoms with Gasteiger partial charge in [-0.25, -0.2) is 0 Å².